The van der Waals surface area contributed by atoms with Crippen LogP contribution in [0.5, 0.6) is 0 Å². The minimum atomic E-state index is -3.92. The van der Waals surface area contributed by atoms with Crippen molar-refractivity contribution in [1.29, 1.82) is 0 Å². The summed E-state index contributed by atoms with van der Waals surface area (Å²) >= 11 is 1.39. The van der Waals surface area contributed by atoms with Crippen LogP contribution in [0.25, 0.3) is 21.8 Å². The first kappa shape index (κ1) is 29.8. The number of nitrogens with zero attached hydrogens (tertiary/aromatic N) is 4. The van der Waals surface area contributed by atoms with Crippen LogP contribution < -0.4 is 15.4 Å². The molecule has 0 saturated heterocycles. The number of benzene rings is 1. The Morgan fingerprint density at radius 2 is 1.95 bits per heavy atom. The van der Waals surface area contributed by atoms with Gasteiger partial charge >= 0.3 is 10.2 Å². The highest BCUT2D eigenvalue weighted by atomic mass is 32.2. The summed E-state index contributed by atoms with van der Waals surface area (Å²) in [6.45, 7) is 8.75. The van der Waals surface area contributed by atoms with E-state index in [1.54, 1.807) is 31.3 Å². The molecule has 0 fully saturated rings. The zero-order valence-electron chi connectivity index (χ0n) is 22.2. The normalized spacial score (nSPS) is 13.1. The molecular weight excluding hydrogens is 533 g/mol. The monoisotopic (exact) mass is 567 g/mol. The lowest BCUT2D eigenvalue weighted by Gasteiger charge is -2.17. The molecule has 0 aliphatic carbocycles. The van der Waals surface area contributed by atoms with Gasteiger partial charge in [-0.3, -0.25) is 10.0 Å². The third-order valence-electron chi connectivity index (χ3n) is 5.46. The zero-order valence-corrected chi connectivity index (χ0v) is 23.9. The van der Waals surface area contributed by atoms with Gasteiger partial charge in [0.1, 0.15) is 0 Å². The van der Waals surface area contributed by atoms with Crippen LogP contribution >= 0.6 is 11.3 Å². The largest absolute Gasteiger partial charge is 0.356 e. The van der Waals surface area contributed by atoms with Gasteiger partial charge in [-0.25, -0.2) is 19.3 Å². The molecule has 38 heavy (non-hydrogen) atoms. The van der Waals surface area contributed by atoms with E-state index >= 15 is 4.39 Å². The Balaban J connectivity index is 2.01. The molecule has 0 amide bonds. The SMILES string of the molecule is CCN(C)S(=O)(=O)Nc1cccc(-c2nc(C(C)(C)C)sc2-c2ccnc(NCCNC(O)OC)n2)c1F. The van der Waals surface area contributed by atoms with Crippen molar-refractivity contribution in [2.75, 3.05) is 43.8 Å². The summed E-state index contributed by atoms with van der Waals surface area (Å²) in [5.41, 5.74) is 0.550. The molecule has 4 N–H and O–H groups in total. The third kappa shape index (κ3) is 7.21. The van der Waals surface area contributed by atoms with Crippen LogP contribution in [0.3, 0.4) is 0 Å². The minimum absolute atomic E-state index is 0.150. The summed E-state index contributed by atoms with van der Waals surface area (Å²) in [4.78, 5) is 14.2. The van der Waals surface area contributed by atoms with Gasteiger partial charge in [0.15, 0.2) is 5.82 Å². The van der Waals surface area contributed by atoms with Crippen LogP contribution in [0, 0.1) is 5.82 Å². The highest BCUT2D eigenvalue weighted by Crippen LogP contribution is 2.41. The molecule has 11 nitrogen and oxygen atoms in total. The highest BCUT2D eigenvalue weighted by Gasteiger charge is 2.27. The number of aromatic nitrogens is 3. The van der Waals surface area contributed by atoms with Gasteiger partial charge in [0.25, 0.3) is 0 Å². The van der Waals surface area contributed by atoms with Crippen molar-refractivity contribution in [1.82, 2.24) is 24.6 Å². The Kier molecular flexibility index (Phi) is 9.73. The maximum Gasteiger partial charge on any atom is 0.301 e. The van der Waals surface area contributed by atoms with Gasteiger partial charge < -0.3 is 15.2 Å². The lowest BCUT2D eigenvalue weighted by Crippen LogP contribution is -2.34. The number of anilines is 2. The van der Waals surface area contributed by atoms with Gasteiger partial charge in [-0.15, -0.1) is 11.3 Å². The predicted molar refractivity (Wildman–Crippen MR) is 148 cm³/mol. The molecule has 0 spiro atoms. The molecule has 3 aromatic rings. The summed E-state index contributed by atoms with van der Waals surface area (Å²) in [5, 5.41) is 16.0. The van der Waals surface area contributed by atoms with E-state index in [1.807, 2.05) is 20.8 Å². The van der Waals surface area contributed by atoms with Crippen LogP contribution in [-0.2, 0) is 20.4 Å². The number of ether oxygens (including phenoxy) is 1. The first-order valence-corrected chi connectivity index (χ1v) is 14.2. The number of halogens is 1. The quantitative estimate of drug-likeness (QED) is 0.192. The molecule has 0 radical (unpaired) electrons. The number of aliphatic hydroxyl groups excluding tert-OH is 1. The Morgan fingerprint density at radius 3 is 2.61 bits per heavy atom. The Bertz CT molecular complexity index is 1350. The van der Waals surface area contributed by atoms with Gasteiger partial charge in [-0.05, 0) is 18.2 Å². The van der Waals surface area contributed by atoms with Crippen LogP contribution in [0.1, 0.15) is 32.7 Å². The van der Waals surface area contributed by atoms with Gasteiger partial charge in [0.05, 0.1) is 27.0 Å². The summed E-state index contributed by atoms with van der Waals surface area (Å²) in [6.07, 6.45) is 0.515. The fraction of sp³-hybridized carbons (Fsp3) is 0.458. The molecule has 0 aliphatic rings. The summed E-state index contributed by atoms with van der Waals surface area (Å²) in [5.74, 6) is -0.389. The van der Waals surface area contributed by atoms with Crippen molar-refractivity contribution in [2.24, 2.45) is 0 Å². The van der Waals surface area contributed by atoms with Crippen molar-refractivity contribution in [3.8, 4) is 21.8 Å². The van der Waals surface area contributed by atoms with Crippen molar-refractivity contribution >= 4 is 33.2 Å². The Labute approximate surface area is 226 Å². The van der Waals surface area contributed by atoms with E-state index in [1.165, 1.54) is 31.6 Å². The zero-order chi connectivity index (χ0) is 28.1. The van der Waals surface area contributed by atoms with Gasteiger partial charge in [-0.1, -0.05) is 33.8 Å². The fourth-order valence-electron chi connectivity index (χ4n) is 3.20. The van der Waals surface area contributed by atoms with Crippen LogP contribution in [0.15, 0.2) is 30.5 Å². The van der Waals surface area contributed by atoms with Crippen molar-refractivity contribution in [3.05, 3.63) is 41.3 Å². The third-order valence-corrected chi connectivity index (χ3v) is 8.52. The lowest BCUT2D eigenvalue weighted by molar-refractivity contribution is -0.0956. The van der Waals surface area contributed by atoms with E-state index < -0.39 is 22.4 Å². The summed E-state index contributed by atoms with van der Waals surface area (Å²) < 4.78 is 49.0. The molecule has 1 aromatic carbocycles. The number of rotatable bonds is 12. The molecule has 0 saturated carbocycles. The number of hydrogen-bond acceptors (Lipinski definition) is 10. The summed E-state index contributed by atoms with van der Waals surface area (Å²) in [6, 6.07) is 6.23. The van der Waals surface area contributed by atoms with E-state index in [9.17, 15) is 13.5 Å². The van der Waals surface area contributed by atoms with Crippen molar-refractivity contribution < 1.29 is 22.7 Å². The summed E-state index contributed by atoms with van der Waals surface area (Å²) in [7, 11) is -1.13. The molecule has 3 rings (SSSR count). The van der Waals surface area contributed by atoms with E-state index in [0.717, 1.165) is 9.31 Å². The van der Waals surface area contributed by atoms with E-state index in [0.29, 0.717) is 35.3 Å². The topological polar surface area (TPSA) is 142 Å². The number of methoxy groups -OCH3 is 1. The predicted octanol–water partition coefficient (Wildman–Crippen LogP) is 3.24. The average Bonchev–Trinajstić information content (AvgIpc) is 3.33. The average molecular weight is 568 g/mol. The molecule has 1 unspecified atom stereocenters. The maximum absolute atomic E-state index is 15.8. The van der Waals surface area contributed by atoms with E-state index in [-0.39, 0.29) is 23.2 Å². The van der Waals surface area contributed by atoms with Gasteiger partial charge in [0, 0.05) is 51.0 Å². The molecular formula is C24H34FN7O4S2. The minimum Gasteiger partial charge on any atom is -0.356 e. The van der Waals surface area contributed by atoms with Gasteiger partial charge in [-0.2, -0.15) is 12.7 Å². The number of aliphatic hydroxyl groups is 1. The van der Waals surface area contributed by atoms with E-state index in [2.05, 4.69) is 25.3 Å². The molecule has 14 heteroatoms. The smallest absolute Gasteiger partial charge is 0.301 e. The van der Waals surface area contributed by atoms with Gasteiger partial charge in [0.2, 0.25) is 12.4 Å². The van der Waals surface area contributed by atoms with Crippen LogP contribution in [-0.4, -0.2) is 73.0 Å². The van der Waals surface area contributed by atoms with Crippen molar-refractivity contribution in [2.45, 2.75) is 39.5 Å². The first-order valence-electron chi connectivity index (χ1n) is 11.9. The molecule has 0 aliphatic heterocycles. The second-order valence-electron chi connectivity index (χ2n) is 9.37. The van der Waals surface area contributed by atoms with Crippen LogP contribution in [0.4, 0.5) is 16.0 Å². The number of hydrogen-bond donors (Lipinski definition) is 4. The number of nitrogens with one attached hydrogen (secondary N) is 3. The Morgan fingerprint density at radius 1 is 1.21 bits per heavy atom. The molecule has 1 atom stereocenters. The number of thiazole rings is 1. The highest BCUT2D eigenvalue weighted by molar-refractivity contribution is 7.90. The molecule has 2 heterocycles. The second-order valence-corrected chi connectivity index (χ2v) is 12.1. The second kappa shape index (κ2) is 12.4. The Hall–Kier alpha value is -2.75. The lowest BCUT2D eigenvalue weighted by atomic mass is 9.98. The standard InChI is InChI=1S/C24H34FN7O4S2/c1-7-32(5)38(34,35)31-16-10-8-9-15(18(16)25)19-20(37-21(30-19)24(2,3)4)17-11-12-26-22(29-17)27-13-14-28-23(33)36-6/h8-12,23,28,31,33H,7,13-14H2,1-6H3,(H,26,27,29). The van der Waals surface area contributed by atoms with E-state index in [4.69, 9.17) is 9.72 Å². The van der Waals surface area contributed by atoms with Crippen molar-refractivity contribution in [3.63, 3.8) is 0 Å². The molecule has 208 valence electrons. The molecule has 0 bridgehead atoms. The molecule has 2 aromatic heterocycles. The maximum atomic E-state index is 15.8. The fourth-order valence-corrected chi connectivity index (χ4v) is 5.24. The first-order chi connectivity index (χ1) is 17.9. The van der Waals surface area contributed by atoms with Crippen LogP contribution in [0.2, 0.25) is 0 Å².